The number of hydrogen-bond donors (Lipinski definition) is 2. The van der Waals surface area contributed by atoms with Gasteiger partial charge in [0.25, 0.3) is 0 Å². The number of carbonyl (C=O) groups is 1. The Hall–Kier alpha value is -1.46. The van der Waals surface area contributed by atoms with E-state index in [-0.39, 0.29) is 30.4 Å². The van der Waals surface area contributed by atoms with Gasteiger partial charge in [-0.25, -0.2) is 4.39 Å². The molecule has 0 bridgehead atoms. The Balaban J connectivity index is 3.01. The van der Waals surface area contributed by atoms with Gasteiger partial charge in [-0.3, -0.25) is 9.69 Å². The fourth-order valence-electron chi connectivity index (χ4n) is 2.49. The molecule has 21 heavy (non-hydrogen) atoms. The van der Waals surface area contributed by atoms with E-state index in [0.29, 0.717) is 13.1 Å². The van der Waals surface area contributed by atoms with Crippen LogP contribution in [0.15, 0.2) is 24.3 Å². The van der Waals surface area contributed by atoms with Gasteiger partial charge in [0, 0.05) is 12.6 Å². The second kappa shape index (κ2) is 8.74. The molecule has 0 spiro atoms. The summed E-state index contributed by atoms with van der Waals surface area (Å²) in [5.74, 6) is -0.320. The van der Waals surface area contributed by atoms with Crippen LogP contribution in [0.4, 0.5) is 4.39 Å². The lowest BCUT2D eigenvalue weighted by Gasteiger charge is -2.34. The first-order valence-corrected chi connectivity index (χ1v) is 7.55. The summed E-state index contributed by atoms with van der Waals surface area (Å²) in [5.41, 5.74) is 7.04. The van der Waals surface area contributed by atoms with E-state index in [1.807, 2.05) is 31.7 Å². The highest BCUT2D eigenvalue weighted by Crippen LogP contribution is 2.25. The van der Waals surface area contributed by atoms with Crippen LogP contribution < -0.4 is 11.1 Å². The van der Waals surface area contributed by atoms with Gasteiger partial charge in [-0.2, -0.15) is 0 Å². The Kier molecular flexibility index (Phi) is 7.32. The molecule has 2 atom stereocenters. The lowest BCUT2D eigenvalue weighted by atomic mass is 9.96. The molecule has 3 N–H and O–H groups in total. The summed E-state index contributed by atoms with van der Waals surface area (Å²) in [5, 5.41) is 2.79. The van der Waals surface area contributed by atoms with E-state index < -0.39 is 0 Å². The maximum absolute atomic E-state index is 13.5. The van der Waals surface area contributed by atoms with Crippen molar-refractivity contribution in [1.82, 2.24) is 10.2 Å². The first-order chi connectivity index (χ1) is 10.0. The number of amides is 1. The third-order valence-electron chi connectivity index (χ3n) is 3.59. The van der Waals surface area contributed by atoms with E-state index in [2.05, 4.69) is 5.32 Å². The molecule has 0 saturated heterocycles. The van der Waals surface area contributed by atoms with Gasteiger partial charge in [-0.05, 0) is 37.6 Å². The molecular formula is C16H26FN3O. The van der Waals surface area contributed by atoms with Crippen molar-refractivity contribution in [2.45, 2.75) is 39.3 Å². The largest absolute Gasteiger partial charge is 0.355 e. The minimum Gasteiger partial charge on any atom is -0.355 e. The number of nitrogens with zero attached hydrogens (tertiary/aromatic N) is 1. The van der Waals surface area contributed by atoms with Crippen molar-refractivity contribution in [3.63, 3.8) is 0 Å². The lowest BCUT2D eigenvalue weighted by molar-refractivity contribution is -0.122. The fraction of sp³-hybridized carbons (Fsp3) is 0.562. The minimum atomic E-state index is -0.283. The summed E-state index contributed by atoms with van der Waals surface area (Å²) in [6, 6.07) is 6.14. The number of benzene rings is 1. The van der Waals surface area contributed by atoms with Crippen LogP contribution in [0.5, 0.6) is 0 Å². The van der Waals surface area contributed by atoms with Gasteiger partial charge in [-0.1, -0.05) is 26.0 Å². The zero-order chi connectivity index (χ0) is 15.8. The Bertz CT molecular complexity index is 453. The van der Waals surface area contributed by atoms with E-state index in [4.69, 9.17) is 5.73 Å². The summed E-state index contributed by atoms with van der Waals surface area (Å²) in [6.07, 6.45) is 0.757. The fourth-order valence-corrected chi connectivity index (χ4v) is 2.49. The average molecular weight is 295 g/mol. The highest BCUT2D eigenvalue weighted by Gasteiger charge is 2.26. The maximum Gasteiger partial charge on any atom is 0.234 e. The molecule has 0 aromatic heterocycles. The number of halogens is 1. The van der Waals surface area contributed by atoms with Crippen LogP contribution in [0, 0.1) is 5.82 Å². The molecule has 0 radical (unpaired) electrons. The highest BCUT2D eigenvalue weighted by molar-refractivity contribution is 5.78. The SMILES string of the molecule is CCNC(=O)CN(CC)C(c1cccc(F)c1)C(N)CC. The zero-order valence-corrected chi connectivity index (χ0v) is 13.1. The highest BCUT2D eigenvalue weighted by atomic mass is 19.1. The second-order valence-electron chi connectivity index (χ2n) is 5.09. The Morgan fingerprint density at radius 1 is 1.38 bits per heavy atom. The average Bonchev–Trinajstić information content (AvgIpc) is 2.46. The van der Waals surface area contributed by atoms with Crippen molar-refractivity contribution in [2.75, 3.05) is 19.6 Å². The molecule has 118 valence electrons. The molecular weight excluding hydrogens is 269 g/mol. The molecule has 0 fully saturated rings. The third-order valence-corrected chi connectivity index (χ3v) is 3.59. The van der Waals surface area contributed by atoms with Gasteiger partial charge in [0.1, 0.15) is 5.82 Å². The molecule has 0 saturated carbocycles. The predicted molar refractivity (Wildman–Crippen MR) is 83.3 cm³/mol. The molecule has 2 unspecified atom stereocenters. The Morgan fingerprint density at radius 2 is 2.10 bits per heavy atom. The van der Waals surface area contributed by atoms with Crippen LogP contribution in [-0.4, -0.2) is 36.5 Å². The van der Waals surface area contributed by atoms with Crippen LogP contribution in [0.1, 0.15) is 38.8 Å². The van der Waals surface area contributed by atoms with E-state index in [0.717, 1.165) is 12.0 Å². The molecule has 0 aliphatic carbocycles. The normalized spacial score (nSPS) is 14.0. The van der Waals surface area contributed by atoms with E-state index in [9.17, 15) is 9.18 Å². The first kappa shape index (κ1) is 17.6. The molecule has 0 aliphatic heterocycles. The molecule has 5 heteroatoms. The van der Waals surface area contributed by atoms with Gasteiger partial charge in [0.05, 0.1) is 12.6 Å². The van der Waals surface area contributed by atoms with Crippen molar-refractivity contribution < 1.29 is 9.18 Å². The summed E-state index contributed by atoms with van der Waals surface area (Å²) < 4.78 is 13.5. The van der Waals surface area contributed by atoms with Gasteiger partial charge in [-0.15, -0.1) is 0 Å². The predicted octanol–water partition coefficient (Wildman–Crippen LogP) is 2.06. The smallest absolute Gasteiger partial charge is 0.234 e. The number of hydrogen-bond acceptors (Lipinski definition) is 3. The van der Waals surface area contributed by atoms with Crippen LogP contribution in [0.3, 0.4) is 0 Å². The maximum atomic E-state index is 13.5. The van der Waals surface area contributed by atoms with Crippen molar-refractivity contribution >= 4 is 5.91 Å². The summed E-state index contributed by atoms with van der Waals surface area (Å²) in [6.45, 7) is 7.40. The molecule has 1 aromatic rings. The summed E-state index contributed by atoms with van der Waals surface area (Å²) in [7, 11) is 0. The third kappa shape index (κ3) is 5.10. The van der Waals surface area contributed by atoms with Crippen LogP contribution in [0.25, 0.3) is 0 Å². The van der Waals surface area contributed by atoms with Crippen LogP contribution in [-0.2, 0) is 4.79 Å². The number of likely N-dealkylation sites (N-methyl/N-ethyl adjacent to an activating group) is 2. The monoisotopic (exact) mass is 295 g/mol. The standard InChI is InChI=1S/C16H26FN3O/c1-4-14(18)16(12-8-7-9-13(17)10-12)20(6-3)11-15(21)19-5-2/h7-10,14,16H,4-6,11,18H2,1-3H3,(H,19,21). The number of rotatable bonds is 8. The van der Waals surface area contributed by atoms with E-state index >= 15 is 0 Å². The van der Waals surface area contributed by atoms with Crippen LogP contribution in [0.2, 0.25) is 0 Å². The van der Waals surface area contributed by atoms with Gasteiger partial charge >= 0.3 is 0 Å². The van der Waals surface area contributed by atoms with Crippen molar-refractivity contribution in [2.24, 2.45) is 5.73 Å². The molecule has 1 rings (SSSR count). The topological polar surface area (TPSA) is 58.4 Å². The van der Waals surface area contributed by atoms with Crippen molar-refractivity contribution in [3.8, 4) is 0 Å². The van der Waals surface area contributed by atoms with E-state index in [1.54, 1.807) is 6.07 Å². The molecule has 1 amide bonds. The van der Waals surface area contributed by atoms with Crippen molar-refractivity contribution in [3.05, 3.63) is 35.6 Å². The molecule has 0 heterocycles. The molecule has 1 aromatic carbocycles. The quantitative estimate of drug-likeness (QED) is 0.772. The van der Waals surface area contributed by atoms with Gasteiger partial charge in [0.15, 0.2) is 0 Å². The zero-order valence-electron chi connectivity index (χ0n) is 13.1. The summed E-state index contributed by atoms with van der Waals surface area (Å²) >= 11 is 0. The van der Waals surface area contributed by atoms with Gasteiger partial charge in [0.2, 0.25) is 5.91 Å². The number of carbonyl (C=O) groups excluding carboxylic acids is 1. The summed E-state index contributed by atoms with van der Waals surface area (Å²) in [4.78, 5) is 13.9. The Labute approximate surface area is 126 Å². The minimum absolute atomic E-state index is 0.0379. The second-order valence-corrected chi connectivity index (χ2v) is 5.09. The Morgan fingerprint density at radius 3 is 2.62 bits per heavy atom. The lowest BCUT2D eigenvalue weighted by Crippen LogP contribution is -2.45. The number of nitrogens with two attached hydrogens (primary N) is 1. The van der Waals surface area contributed by atoms with Crippen molar-refractivity contribution in [1.29, 1.82) is 0 Å². The first-order valence-electron chi connectivity index (χ1n) is 7.55. The molecule has 4 nitrogen and oxygen atoms in total. The number of nitrogens with one attached hydrogen (secondary N) is 1. The van der Waals surface area contributed by atoms with Gasteiger partial charge < -0.3 is 11.1 Å². The van der Waals surface area contributed by atoms with E-state index in [1.165, 1.54) is 12.1 Å². The van der Waals surface area contributed by atoms with Crippen LogP contribution >= 0.6 is 0 Å². The molecule has 0 aliphatic rings.